The summed E-state index contributed by atoms with van der Waals surface area (Å²) in [5, 5.41) is 23.9. The van der Waals surface area contributed by atoms with E-state index in [4.69, 9.17) is 0 Å². The summed E-state index contributed by atoms with van der Waals surface area (Å²) in [6.07, 6.45) is 0.516. The van der Waals surface area contributed by atoms with Crippen molar-refractivity contribution in [1.82, 2.24) is 5.32 Å². The molecule has 0 aliphatic rings. The predicted molar refractivity (Wildman–Crippen MR) is 125 cm³/mol. The molecule has 34 heavy (non-hydrogen) atoms. The van der Waals surface area contributed by atoms with Crippen LogP contribution in [0.4, 0.5) is 14.5 Å². The van der Waals surface area contributed by atoms with Crippen LogP contribution in [0.2, 0.25) is 0 Å². The van der Waals surface area contributed by atoms with E-state index in [1.54, 1.807) is 12.1 Å². The van der Waals surface area contributed by atoms with E-state index < -0.39 is 22.7 Å². The van der Waals surface area contributed by atoms with E-state index in [1.807, 2.05) is 30.3 Å². The van der Waals surface area contributed by atoms with Gasteiger partial charge in [0.05, 0.1) is 18.0 Å². The molecule has 3 aromatic carbocycles. The van der Waals surface area contributed by atoms with E-state index in [2.05, 4.69) is 14.8 Å². The normalized spacial score (nSPS) is 13.4. The van der Waals surface area contributed by atoms with Gasteiger partial charge in [-0.3, -0.25) is 4.72 Å². The van der Waals surface area contributed by atoms with Gasteiger partial charge in [0.15, 0.2) is 0 Å². The number of anilines is 1. The third-order valence-electron chi connectivity index (χ3n) is 5.05. The maximum atomic E-state index is 12.5. The zero-order valence-electron chi connectivity index (χ0n) is 18.4. The van der Waals surface area contributed by atoms with Crippen LogP contribution in [0.15, 0.2) is 72.8 Å². The number of ether oxygens (including phenoxy) is 1. The van der Waals surface area contributed by atoms with E-state index in [0.717, 1.165) is 17.4 Å². The molecule has 10 heteroatoms. The van der Waals surface area contributed by atoms with Gasteiger partial charge in [0, 0.05) is 12.6 Å². The number of aromatic hydroxyl groups is 1. The lowest BCUT2D eigenvalue weighted by Gasteiger charge is -2.22. The van der Waals surface area contributed by atoms with Crippen molar-refractivity contribution in [2.75, 3.05) is 17.5 Å². The number of alkyl halides is 2. The summed E-state index contributed by atoms with van der Waals surface area (Å²) in [7, 11) is -3.61. The fourth-order valence-corrected chi connectivity index (χ4v) is 4.02. The van der Waals surface area contributed by atoms with Crippen molar-refractivity contribution < 1.29 is 32.1 Å². The molecule has 0 amide bonds. The molecule has 0 saturated carbocycles. The molecule has 0 aromatic heterocycles. The molecule has 0 bridgehead atoms. The van der Waals surface area contributed by atoms with Crippen LogP contribution in [-0.4, -0.2) is 38.0 Å². The number of rotatable bonds is 11. The summed E-state index contributed by atoms with van der Waals surface area (Å²) in [5.74, 6) is -0.213. The summed E-state index contributed by atoms with van der Waals surface area (Å²) >= 11 is 0. The molecule has 4 N–H and O–H groups in total. The van der Waals surface area contributed by atoms with Crippen molar-refractivity contribution in [2.45, 2.75) is 25.2 Å². The lowest BCUT2D eigenvalue weighted by Crippen LogP contribution is -2.28. The van der Waals surface area contributed by atoms with Gasteiger partial charge in [0.1, 0.15) is 11.5 Å². The zero-order chi connectivity index (χ0) is 24.7. The minimum atomic E-state index is -3.61. The lowest BCUT2D eigenvalue weighted by molar-refractivity contribution is -0.0498. The maximum absolute atomic E-state index is 12.5. The summed E-state index contributed by atoms with van der Waals surface area (Å²) in [4.78, 5) is 0. The minimum absolute atomic E-state index is 0.0329. The summed E-state index contributed by atoms with van der Waals surface area (Å²) in [6, 6.07) is 19.8. The van der Waals surface area contributed by atoms with E-state index in [-0.39, 0.29) is 29.8 Å². The van der Waals surface area contributed by atoms with Crippen LogP contribution in [0.3, 0.4) is 0 Å². The maximum Gasteiger partial charge on any atom is 0.387 e. The second kappa shape index (κ2) is 11.3. The van der Waals surface area contributed by atoms with Gasteiger partial charge in [-0.1, -0.05) is 48.5 Å². The van der Waals surface area contributed by atoms with Gasteiger partial charge in [-0.15, -0.1) is 0 Å². The first-order valence-corrected chi connectivity index (χ1v) is 12.3. The van der Waals surface area contributed by atoms with Crippen LogP contribution in [0.25, 0.3) is 0 Å². The Bertz CT molecular complexity index is 1180. The Morgan fingerprint density at radius 3 is 2.24 bits per heavy atom. The molecule has 0 radical (unpaired) electrons. The first-order chi connectivity index (χ1) is 16.1. The van der Waals surface area contributed by atoms with Gasteiger partial charge in [-0.05, 0) is 47.4 Å². The highest BCUT2D eigenvalue weighted by atomic mass is 32.2. The van der Waals surface area contributed by atoms with Crippen molar-refractivity contribution in [3.05, 3.63) is 89.5 Å². The highest BCUT2D eigenvalue weighted by Gasteiger charge is 2.17. The molecule has 7 nitrogen and oxygen atoms in total. The van der Waals surface area contributed by atoms with Crippen LogP contribution in [0, 0.1) is 0 Å². The van der Waals surface area contributed by atoms with E-state index in [1.165, 1.54) is 30.3 Å². The van der Waals surface area contributed by atoms with Crippen LogP contribution >= 0.6 is 0 Å². The average molecular weight is 493 g/mol. The fourth-order valence-electron chi connectivity index (χ4n) is 3.45. The number of hydrogen-bond acceptors (Lipinski definition) is 6. The molecule has 0 aliphatic carbocycles. The number of phenolic OH excluding ortho intramolecular Hbond substituents is 1. The number of hydrogen-bond donors (Lipinski definition) is 4. The molecule has 182 valence electrons. The number of phenols is 1. The molecule has 0 aliphatic heterocycles. The van der Waals surface area contributed by atoms with Crippen molar-refractivity contribution in [3.63, 3.8) is 0 Å². The van der Waals surface area contributed by atoms with Gasteiger partial charge in [0.2, 0.25) is 10.0 Å². The van der Waals surface area contributed by atoms with E-state index >= 15 is 0 Å². The van der Waals surface area contributed by atoms with E-state index in [0.29, 0.717) is 12.0 Å². The van der Waals surface area contributed by atoms with Gasteiger partial charge >= 0.3 is 6.61 Å². The van der Waals surface area contributed by atoms with Crippen LogP contribution in [-0.2, 0) is 16.4 Å². The number of benzene rings is 3. The molecular weight excluding hydrogens is 466 g/mol. The molecule has 0 fully saturated rings. The largest absolute Gasteiger partial charge is 0.506 e. The van der Waals surface area contributed by atoms with Gasteiger partial charge in [-0.25, -0.2) is 8.42 Å². The molecule has 3 aromatic rings. The van der Waals surface area contributed by atoms with Crippen LogP contribution < -0.4 is 14.8 Å². The van der Waals surface area contributed by atoms with Crippen molar-refractivity contribution in [1.29, 1.82) is 0 Å². The number of aliphatic hydroxyl groups is 1. The summed E-state index contributed by atoms with van der Waals surface area (Å²) < 4.78 is 54.6. The topological polar surface area (TPSA) is 108 Å². The van der Waals surface area contributed by atoms with Gasteiger partial charge in [0.25, 0.3) is 0 Å². The standard InChI is InChI=1S/C24H26F2N2O5S/c1-34(31,32)28-21-14-18(9-12-22(21)29)23(30)15-27-20(13-16-5-3-2-4-6-16)17-7-10-19(11-8-17)33-24(25)26/h2-12,14,20,23-24,27-30H,13,15H2,1H3/t20-,23-/m1/s1. The van der Waals surface area contributed by atoms with Crippen molar-refractivity contribution in [2.24, 2.45) is 0 Å². The number of halogens is 2. The highest BCUT2D eigenvalue weighted by molar-refractivity contribution is 7.92. The Kier molecular flexibility index (Phi) is 8.43. The Morgan fingerprint density at radius 2 is 1.62 bits per heavy atom. The Balaban J connectivity index is 1.76. The monoisotopic (exact) mass is 492 g/mol. The molecule has 0 heterocycles. The zero-order valence-corrected chi connectivity index (χ0v) is 19.2. The summed E-state index contributed by atoms with van der Waals surface area (Å²) in [6.45, 7) is -2.80. The Labute approximate surface area is 197 Å². The van der Waals surface area contributed by atoms with Gasteiger partial charge in [-0.2, -0.15) is 8.78 Å². The SMILES string of the molecule is CS(=O)(=O)Nc1cc([C@H](O)CN[C@H](Cc2ccccc2)c2ccc(OC(F)F)cc2)ccc1O. The molecule has 0 spiro atoms. The second-order valence-electron chi connectivity index (χ2n) is 7.76. The molecule has 2 atom stereocenters. The lowest BCUT2D eigenvalue weighted by atomic mass is 9.98. The first-order valence-electron chi connectivity index (χ1n) is 10.4. The van der Waals surface area contributed by atoms with Crippen molar-refractivity contribution in [3.8, 4) is 11.5 Å². The molecule has 0 unspecified atom stereocenters. The number of sulfonamides is 1. The highest BCUT2D eigenvalue weighted by Crippen LogP contribution is 2.28. The predicted octanol–water partition coefficient (Wildman–Crippen LogP) is 3.97. The third-order valence-corrected chi connectivity index (χ3v) is 5.64. The van der Waals surface area contributed by atoms with Gasteiger partial charge < -0.3 is 20.3 Å². The van der Waals surface area contributed by atoms with Crippen molar-refractivity contribution >= 4 is 15.7 Å². The molecule has 0 saturated heterocycles. The minimum Gasteiger partial charge on any atom is -0.506 e. The Hall–Kier alpha value is -3.21. The average Bonchev–Trinajstić information content (AvgIpc) is 2.78. The Morgan fingerprint density at radius 1 is 0.971 bits per heavy atom. The second-order valence-corrected chi connectivity index (χ2v) is 9.51. The molecule has 3 rings (SSSR count). The van der Waals surface area contributed by atoms with Crippen LogP contribution in [0.5, 0.6) is 11.5 Å². The van der Waals surface area contributed by atoms with Crippen LogP contribution in [0.1, 0.15) is 28.8 Å². The quantitative estimate of drug-likeness (QED) is 0.302. The smallest absolute Gasteiger partial charge is 0.387 e. The number of nitrogens with one attached hydrogen (secondary N) is 2. The molecular formula is C24H26F2N2O5S. The third kappa shape index (κ3) is 7.68. The fraction of sp³-hybridized carbons (Fsp3) is 0.250. The summed E-state index contributed by atoms with van der Waals surface area (Å²) in [5.41, 5.74) is 2.21. The van der Waals surface area contributed by atoms with E-state index in [9.17, 15) is 27.4 Å². The first kappa shape index (κ1) is 25.4. The number of aliphatic hydroxyl groups excluding tert-OH is 1.